The molecule has 4 aromatic rings. The molecule has 2 aromatic heterocycles. The molecular formula is C21H18ClN3O4S2. The van der Waals surface area contributed by atoms with Crippen molar-refractivity contribution in [3.8, 4) is 10.8 Å². The molecule has 0 radical (unpaired) electrons. The van der Waals surface area contributed by atoms with Gasteiger partial charge in [0.05, 0.1) is 32.2 Å². The summed E-state index contributed by atoms with van der Waals surface area (Å²) in [7, 11) is -0.844. The summed E-state index contributed by atoms with van der Waals surface area (Å²) in [6.45, 7) is 0.116. The molecule has 0 saturated carbocycles. The number of furan rings is 1. The molecule has 0 aliphatic heterocycles. The maximum atomic E-state index is 12.6. The average molecular weight is 476 g/mol. The maximum absolute atomic E-state index is 12.6. The highest BCUT2D eigenvalue weighted by Crippen LogP contribution is 2.31. The van der Waals surface area contributed by atoms with Gasteiger partial charge in [-0.25, -0.2) is 17.7 Å². The van der Waals surface area contributed by atoms with Crippen LogP contribution < -0.4 is 5.32 Å². The van der Waals surface area contributed by atoms with Crippen molar-refractivity contribution >= 4 is 49.1 Å². The fraction of sp³-hybridized carbons (Fsp3) is 0.143. The van der Waals surface area contributed by atoms with Crippen LogP contribution in [0.5, 0.6) is 0 Å². The van der Waals surface area contributed by atoms with Crippen LogP contribution in [-0.4, -0.2) is 37.7 Å². The van der Waals surface area contributed by atoms with E-state index in [0.29, 0.717) is 11.5 Å². The number of halogens is 1. The van der Waals surface area contributed by atoms with Gasteiger partial charge in [-0.3, -0.25) is 4.79 Å². The van der Waals surface area contributed by atoms with Crippen LogP contribution in [0.25, 0.3) is 21.0 Å². The normalized spacial score (nSPS) is 11.9. The summed E-state index contributed by atoms with van der Waals surface area (Å²) >= 11 is 7.65. The summed E-state index contributed by atoms with van der Waals surface area (Å²) in [4.78, 5) is 17.2. The number of carbonyl (C=O) groups is 1. The average Bonchev–Trinajstić information content (AvgIpc) is 3.38. The Morgan fingerprint density at radius 2 is 1.94 bits per heavy atom. The first-order valence-electron chi connectivity index (χ1n) is 9.20. The number of rotatable bonds is 6. The van der Waals surface area contributed by atoms with Gasteiger partial charge in [-0.15, -0.1) is 11.3 Å². The Morgan fingerprint density at radius 3 is 2.68 bits per heavy atom. The third kappa shape index (κ3) is 4.35. The van der Waals surface area contributed by atoms with Gasteiger partial charge in [0, 0.05) is 14.1 Å². The Bertz CT molecular complexity index is 1340. The zero-order valence-electron chi connectivity index (χ0n) is 16.6. The van der Waals surface area contributed by atoms with Gasteiger partial charge in [-0.2, -0.15) is 0 Å². The SMILES string of the molecule is CN(C)S(=O)(=O)c1ccc(Cl)c(C(=O)NCc2ccc(-c3nc4ccccc4s3)o2)c1. The Labute approximate surface area is 188 Å². The summed E-state index contributed by atoms with van der Waals surface area (Å²) in [5.41, 5.74) is 0.971. The van der Waals surface area contributed by atoms with Crippen LogP contribution >= 0.6 is 22.9 Å². The number of nitrogens with one attached hydrogen (secondary N) is 1. The molecule has 0 bridgehead atoms. The highest BCUT2D eigenvalue weighted by molar-refractivity contribution is 7.89. The van der Waals surface area contributed by atoms with E-state index in [-0.39, 0.29) is 22.0 Å². The largest absolute Gasteiger partial charge is 0.457 e. The smallest absolute Gasteiger partial charge is 0.253 e. The summed E-state index contributed by atoms with van der Waals surface area (Å²) in [6, 6.07) is 15.4. The topological polar surface area (TPSA) is 92.5 Å². The molecule has 0 aliphatic carbocycles. The lowest BCUT2D eigenvalue weighted by Gasteiger charge is -2.13. The van der Waals surface area contributed by atoms with Crippen LogP contribution in [0.15, 0.2) is 63.9 Å². The number of carbonyl (C=O) groups excluding carboxylic acids is 1. The van der Waals surface area contributed by atoms with Crippen molar-refractivity contribution < 1.29 is 17.6 Å². The van der Waals surface area contributed by atoms with E-state index in [1.807, 2.05) is 24.3 Å². The molecule has 1 amide bonds. The van der Waals surface area contributed by atoms with Gasteiger partial charge in [0.15, 0.2) is 10.8 Å². The van der Waals surface area contributed by atoms with Crippen molar-refractivity contribution in [2.75, 3.05) is 14.1 Å². The molecule has 2 aromatic carbocycles. The van der Waals surface area contributed by atoms with E-state index in [0.717, 1.165) is 19.5 Å². The van der Waals surface area contributed by atoms with Crippen molar-refractivity contribution in [1.82, 2.24) is 14.6 Å². The number of benzene rings is 2. The molecular weight excluding hydrogens is 458 g/mol. The van der Waals surface area contributed by atoms with Crippen molar-refractivity contribution in [3.05, 3.63) is 70.9 Å². The first kappa shape index (κ1) is 21.5. The lowest BCUT2D eigenvalue weighted by Crippen LogP contribution is -2.25. The van der Waals surface area contributed by atoms with Crippen molar-refractivity contribution in [2.45, 2.75) is 11.4 Å². The van der Waals surface area contributed by atoms with E-state index in [9.17, 15) is 13.2 Å². The molecule has 10 heteroatoms. The second kappa shape index (κ2) is 8.43. The number of hydrogen-bond acceptors (Lipinski definition) is 6. The maximum Gasteiger partial charge on any atom is 0.253 e. The van der Waals surface area contributed by atoms with E-state index in [4.69, 9.17) is 16.0 Å². The van der Waals surface area contributed by atoms with Gasteiger partial charge in [-0.05, 0) is 42.5 Å². The van der Waals surface area contributed by atoms with Crippen LogP contribution in [0.1, 0.15) is 16.1 Å². The predicted molar refractivity (Wildman–Crippen MR) is 121 cm³/mol. The standard InChI is InChI=1S/C21H18ClN3O4S2/c1-25(2)31(27,28)14-8-9-16(22)15(11-14)20(26)23-12-13-7-10-18(29-13)21-24-17-5-3-4-6-19(17)30-21/h3-11H,12H2,1-2H3,(H,23,26). The molecule has 0 unspecified atom stereocenters. The minimum absolute atomic E-state index is 0.0110. The molecule has 160 valence electrons. The molecule has 1 N–H and O–H groups in total. The Balaban J connectivity index is 1.49. The number of amides is 1. The molecule has 0 spiro atoms. The molecule has 0 aliphatic rings. The van der Waals surface area contributed by atoms with Gasteiger partial charge in [0.2, 0.25) is 10.0 Å². The van der Waals surface area contributed by atoms with Crippen molar-refractivity contribution in [3.63, 3.8) is 0 Å². The predicted octanol–water partition coefficient (Wildman–Crippen LogP) is 4.39. The van der Waals surface area contributed by atoms with Gasteiger partial charge >= 0.3 is 0 Å². The highest BCUT2D eigenvalue weighted by Gasteiger charge is 2.21. The van der Waals surface area contributed by atoms with E-state index >= 15 is 0 Å². The van der Waals surface area contributed by atoms with E-state index in [1.165, 1.54) is 43.6 Å². The third-order valence-corrected chi connectivity index (χ3v) is 7.74. The minimum atomic E-state index is -3.68. The summed E-state index contributed by atoms with van der Waals surface area (Å²) in [5, 5.41) is 3.62. The number of nitrogens with zero attached hydrogens (tertiary/aromatic N) is 2. The van der Waals surface area contributed by atoms with Crippen molar-refractivity contribution in [1.29, 1.82) is 0 Å². The minimum Gasteiger partial charge on any atom is -0.457 e. The Morgan fingerprint density at radius 1 is 1.16 bits per heavy atom. The molecule has 7 nitrogen and oxygen atoms in total. The monoisotopic (exact) mass is 475 g/mol. The van der Waals surface area contributed by atoms with Crippen LogP contribution in [0.2, 0.25) is 5.02 Å². The Kier molecular flexibility index (Phi) is 5.85. The van der Waals surface area contributed by atoms with Gasteiger partial charge in [0.1, 0.15) is 5.76 Å². The van der Waals surface area contributed by atoms with Crippen molar-refractivity contribution in [2.24, 2.45) is 0 Å². The lowest BCUT2D eigenvalue weighted by molar-refractivity contribution is 0.0948. The zero-order valence-corrected chi connectivity index (χ0v) is 19.0. The first-order chi connectivity index (χ1) is 14.8. The van der Waals surface area contributed by atoms with Crippen LogP contribution in [0.3, 0.4) is 0 Å². The van der Waals surface area contributed by atoms with E-state index in [2.05, 4.69) is 10.3 Å². The molecule has 0 saturated heterocycles. The molecule has 0 atom stereocenters. The van der Waals surface area contributed by atoms with Gasteiger partial charge in [-0.1, -0.05) is 23.7 Å². The quantitative estimate of drug-likeness (QED) is 0.446. The van der Waals surface area contributed by atoms with Gasteiger partial charge < -0.3 is 9.73 Å². The number of sulfonamides is 1. The number of thiazole rings is 1. The zero-order chi connectivity index (χ0) is 22.2. The van der Waals surface area contributed by atoms with Crippen LogP contribution in [-0.2, 0) is 16.6 Å². The second-order valence-electron chi connectivity index (χ2n) is 6.86. The molecule has 2 heterocycles. The lowest BCUT2D eigenvalue weighted by atomic mass is 10.2. The Hall–Kier alpha value is -2.72. The van der Waals surface area contributed by atoms with E-state index in [1.54, 1.807) is 12.1 Å². The fourth-order valence-electron chi connectivity index (χ4n) is 2.88. The molecule has 31 heavy (non-hydrogen) atoms. The number of fused-ring (bicyclic) bond motifs is 1. The first-order valence-corrected chi connectivity index (χ1v) is 11.8. The summed E-state index contributed by atoms with van der Waals surface area (Å²) in [6.07, 6.45) is 0. The summed E-state index contributed by atoms with van der Waals surface area (Å²) < 4.78 is 32.6. The van der Waals surface area contributed by atoms with Crippen LogP contribution in [0.4, 0.5) is 0 Å². The number of hydrogen-bond donors (Lipinski definition) is 1. The number of aromatic nitrogens is 1. The molecule has 4 rings (SSSR count). The summed E-state index contributed by atoms with van der Waals surface area (Å²) in [5.74, 6) is 0.650. The molecule has 0 fully saturated rings. The second-order valence-corrected chi connectivity index (χ2v) is 10.5. The third-order valence-electron chi connectivity index (χ3n) is 4.55. The number of para-hydroxylation sites is 1. The van der Waals surface area contributed by atoms with E-state index < -0.39 is 15.9 Å². The van der Waals surface area contributed by atoms with Crippen LogP contribution in [0, 0.1) is 0 Å². The van der Waals surface area contributed by atoms with Gasteiger partial charge in [0.25, 0.3) is 5.91 Å². The fourth-order valence-corrected chi connectivity index (χ4v) is 4.94. The highest BCUT2D eigenvalue weighted by atomic mass is 35.5.